The molecule has 2 unspecified atom stereocenters. The topological polar surface area (TPSA) is 120 Å². The molecule has 55 heavy (non-hydrogen) atoms. The number of hydrogen-bond acceptors (Lipinski definition) is 10. The van der Waals surface area contributed by atoms with Crippen LogP contribution in [-0.2, 0) is 9.84 Å². The molecule has 0 fully saturated rings. The van der Waals surface area contributed by atoms with Crippen molar-refractivity contribution in [2.45, 2.75) is 22.1 Å². The molecule has 6 aromatic carbocycles. The number of aromatic nitrogens is 4. The van der Waals surface area contributed by atoms with Crippen LogP contribution in [-0.4, -0.2) is 28.0 Å². The maximum absolute atomic E-state index is 13.8. The molecule has 2 aromatic heterocycles. The van der Waals surface area contributed by atoms with E-state index in [1.54, 1.807) is 57.9 Å². The lowest BCUT2D eigenvalue weighted by Gasteiger charge is -2.20. The van der Waals surface area contributed by atoms with Crippen molar-refractivity contribution in [3.63, 3.8) is 0 Å². The van der Waals surface area contributed by atoms with Gasteiger partial charge in [-0.05, 0) is 108 Å². The number of rotatable bonds is 12. The van der Waals surface area contributed by atoms with Gasteiger partial charge in [0, 0.05) is 22.5 Å². The van der Waals surface area contributed by atoms with E-state index in [9.17, 15) is 8.42 Å². The van der Waals surface area contributed by atoms with Gasteiger partial charge in [-0.3, -0.25) is 0 Å². The van der Waals surface area contributed by atoms with Gasteiger partial charge in [-0.2, -0.15) is 9.36 Å². The molecule has 2 atom stereocenters. The second-order valence-electron chi connectivity index (χ2n) is 12.4. The lowest BCUT2D eigenvalue weighted by Crippen LogP contribution is -2.21. The first-order chi connectivity index (χ1) is 26.8. The molecule has 0 saturated heterocycles. The van der Waals surface area contributed by atoms with Crippen LogP contribution >= 0.6 is 24.4 Å². The van der Waals surface area contributed by atoms with E-state index < -0.39 is 22.2 Å². The SMILES string of the molecule is O=S(=O)(c1ccc(NC(c2ccccc2)n2nc(-c3ccccc3)oc2=S)cc1)c1ccc(NC(c2ccccc2)n2nc(-c3ccccc3)oc2=S)cc1. The molecule has 13 heteroatoms. The second-order valence-corrected chi connectivity index (χ2v) is 15.1. The minimum absolute atomic E-state index is 0.143. The fourth-order valence-corrected chi connectivity index (χ4v) is 7.76. The summed E-state index contributed by atoms with van der Waals surface area (Å²) in [5.74, 6) is 0.789. The van der Waals surface area contributed by atoms with E-state index in [1.807, 2.05) is 121 Å². The Morgan fingerprint density at radius 1 is 0.473 bits per heavy atom. The molecule has 10 nitrogen and oxygen atoms in total. The van der Waals surface area contributed by atoms with Crippen LogP contribution in [0.3, 0.4) is 0 Å². The minimum atomic E-state index is -3.86. The largest absolute Gasteiger partial charge is 0.409 e. The highest BCUT2D eigenvalue weighted by molar-refractivity contribution is 7.91. The van der Waals surface area contributed by atoms with Crippen LogP contribution in [0, 0.1) is 9.67 Å². The van der Waals surface area contributed by atoms with Crippen LogP contribution in [0.15, 0.2) is 188 Å². The lowest BCUT2D eigenvalue weighted by molar-refractivity contribution is 0.496. The monoisotopic (exact) mass is 780 g/mol. The Bertz CT molecular complexity index is 2570. The molecule has 2 N–H and O–H groups in total. The number of benzene rings is 6. The highest BCUT2D eigenvalue weighted by atomic mass is 32.2. The van der Waals surface area contributed by atoms with Gasteiger partial charge in [0.25, 0.3) is 9.67 Å². The predicted molar refractivity (Wildman–Crippen MR) is 216 cm³/mol. The van der Waals surface area contributed by atoms with Gasteiger partial charge in [-0.25, -0.2) is 8.42 Å². The molecule has 0 aliphatic rings. The van der Waals surface area contributed by atoms with E-state index in [1.165, 1.54) is 0 Å². The maximum Gasteiger partial charge on any atom is 0.289 e. The van der Waals surface area contributed by atoms with Crippen molar-refractivity contribution in [2.24, 2.45) is 0 Å². The molecule has 0 saturated carbocycles. The van der Waals surface area contributed by atoms with Gasteiger partial charge in [0.05, 0.1) is 9.79 Å². The normalized spacial score (nSPS) is 12.5. The summed E-state index contributed by atoms with van der Waals surface area (Å²) in [4.78, 5) is 0.662. The van der Waals surface area contributed by atoms with Crippen molar-refractivity contribution in [3.8, 4) is 22.9 Å². The Morgan fingerprint density at radius 3 is 1.15 bits per heavy atom. The highest BCUT2D eigenvalue weighted by Gasteiger charge is 2.23. The van der Waals surface area contributed by atoms with Crippen LogP contribution in [0.2, 0.25) is 0 Å². The Hall–Kier alpha value is -6.41. The average Bonchev–Trinajstić information content (AvgIpc) is 3.82. The van der Waals surface area contributed by atoms with Crippen LogP contribution in [0.1, 0.15) is 23.5 Å². The third-order valence-corrected chi connectivity index (χ3v) is 11.2. The molecule has 0 amide bonds. The first-order valence-corrected chi connectivity index (χ1v) is 19.5. The number of sulfone groups is 1. The van der Waals surface area contributed by atoms with Crippen LogP contribution < -0.4 is 10.6 Å². The molecule has 0 radical (unpaired) electrons. The maximum atomic E-state index is 13.8. The molecule has 8 rings (SSSR count). The van der Waals surface area contributed by atoms with Crippen molar-refractivity contribution in [3.05, 3.63) is 191 Å². The van der Waals surface area contributed by atoms with Crippen molar-refractivity contribution >= 4 is 45.6 Å². The standard InChI is InChI=1S/C42H32N6O4S3/c49-55(50,35-25-21-33(22-26-35)43-37(29-13-5-1-6-14-29)47-41(53)51-39(45-47)31-17-9-3-10-18-31)36-27-23-34(24-28-36)44-38(30-15-7-2-8-16-30)48-42(54)52-40(46-48)32-19-11-4-12-20-32/h1-28,37-38,43-44H. The zero-order valence-corrected chi connectivity index (χ0v) is 31.4. The number of hydrogen-bond donors (Lipinski definition) is 2. The molecule has 8 aromatic rings. The van der Waals surface area contributed by atoms with Gasteiger partial charge in [-0.1, -0.05) is 97.1 Å². The van der Waals surface area contributed by atoms with Gasteiger partial charge in [0.1, 0.15) is 0 Å². The Balaban J connectivity index is 1.03. The summed E-state index contributed by atoms with van der Waals surface area (Å²) in [6, 6.07) is 51.6. The Morgan fingerprint density at radius 2 is 0.800 bits per heavy atom. The van der Waals surface area contributed by atoms with Crippen LogP contribution in [0.25, 0.3) is 22.9 Å². The Labute approximate surface area is 327 Å². The summed E-state index contributed by atoms with van der Waals surface area (Å²) in [5, 5.41) is 16.3. The van der Waals surface area contributed by atoms with E-state index in [0.717, 1.165) is 22.3 Å². The van der Waals surface area contributed by atoms with Gasteiger partial charge < -0.3 is 19.5 Å². The van der Waals surface area contributed by atoms with Crippen molar-refractivity contribution in [2.75, 3.05) is 10.6 Å². The highest BCUT2D eigenvalue weighted by Crippen LogP contribution is 2.30. The van der Waals surface area contributed by atoms with E-state index in [2.05, 4.69) is 10.6 Å². The van der Waals surface area contributed by atoms with Gasteiger partial charge in [0.15, 0.2) is 12.3 Å². The average molecular weight is 781 g/mol. The number of nitrogens with zero attached hydrogens (tertiary/aromatic N) is 4. The smallest absolute Gasteiger partial charge is 0.289 e. The van der Waals surface area contributed by atoms with E-state index in [4.69, 9.17) is 43.5 Å². The second kappa shape index (κ2) is 15.5. The molecule has 0 bridgehead atoms. The fourth-order valence-electron chi connectivity index (χ4n) is 6.05. The molecule has 272 valence electrons. The summed E-state index contributed by atoms with van der Waals surface area (Å²) in [5.41, 5.74) is 4.68. The molecule has 0 spiro atoms. The summed E-state index contributed by atoms with van der Waals surface area (Å²) in [6.07, 6.45) is -1.07. The van der Waals surface area contributed by atoms with Crippen molar-refractivity contribution < 1.29 is 17.3 Å². The van der Waals surface area contributed by atoms with Crippen LogP contribution in [0.4, 0.5) is 11.4 Å². The molecule has 2 heterocycles. The molecule has 0 aliphatic carbocycles. The van der Waals surface area contributed by atoms with Crippen molar-refractivity contribution in [1.29, 1.82) is 0 Å². The minimum Gasteiger partial charge on any atom is -0.409 e. The zero-order valence-electron chi connectivity index (χ0n) is 29.0. The summed E-state index contributed by atoms with van der Waals surface area (Å²) < 4.78 is 42.6. The van der Waals surface area contributed by atoms with Gasteiger partial charge in [0.2, 0.25) is 21.6 Å². The molecular weight excluding hydrogens is 749 g/mol. The summed E-state index contributed by atoms with van der Waals surface area (Å²) in [7, 11) is -3.86. The number of nitrogens with one attached hydrogen (secondary N) is 2. The van der Waals surface area contributed by atoms with E-state index in [-0.39, 0.29) is 19.5 Å². The van der Waals surface area contributed by atoms with Crippen molar-refractivity contribution in [1.82, 2.24) is 19.6 Å². The quantitative estimate of drug-likeness (QED) is 0.116. The molecule has 0 aliphatic heterocycles. The Kier molecular flexibility index (Phi) is 10.0. The van der Waals surface area contributed by atoms with Crippen LogP contribution in [0.5, 0.6) is 0 Å². The van der Waals surface area contributed by atoms with Gasteiger partial charge >= 0.3 is 0 Å². The van der Waals surface area contributed by atoms with E-state index in [0.29, 0.717) is 23.2 Å². The fraction of sp³-hybridized carbons (Fsp3) is 0.0476. The van der Waals surface area contributed by atoms with E-state index >= 15 is 0 Å². The van der Waals surface area contributed by atoms with Gasteiger partial charge in [-0.15, -0.1) is 10.2 Å². The first kappa shape index (κ1) is 35.6. The number of anilines is 2. The third-order valence-electron chi connectivity index (χ3n) is 8.84. The predicted octanol–water partition coefficient (Wildman–Crippen LogP) is 10.2. The molecular formula is C42H32N6O4S3. The first-order valence-electron chi connectivity index (χ1n) is 17.2. The zero-order chi connectivity index (χ0) is 37.8. The lowest BCUT2D eigenvalue weighted by atomic mass is 10.1. The summed E-state index contributed by atoms with van der Waals surface area (Å²) in [6.45, 7) is 0. The third kappa shape index (κ3) is 7.67. The summed E-state index contributed by atoms with van der Waals surface area (Å²) >= 11 is 11.2.